The summed E-state index contributed by atoms with van der Waals surface area (Å²) in [5.41, 5.74) is 6.10. The van der Waals surface area contributed by atoms with E-state index in [2.05, 4.69) is 52.3 Å². The molecule has 0 N–H and O–H groups in total. The van der Waals surface area contributed by atoms with Crippen LogP contribution >= 0.6 is 11.8 Å². The highest BCUT2D eigenvalue weighted by Crippen LogP contribution is 2.41. The average Bonchev–Trinajstić information content (AvgIpc) is 2.34. The molecule has 0 heterocycles. The maximum Gasteiger partial charge on any atom is 0.147 e. The summed E-state index contributed by atoms with van der Waals surface area (Å²) in [5, 5.41) is 4.39. The first-order chi connectivity index (χ1) is 8.91. The molecule has 0 aromatic heterocycles. The van der Waals surface area contributed by atoms with Crippen molar-refractivity contribution in [1.82, 2.24) is 0 Å². The van der Waals surface area contributed by atoms with Crippen LogP contribution in [0, 0.1) is 10.8 Å². The SMILES string of the molecule is CC(C)[Si](C#CSC1CCCCC1)(C(C)C)C(C)C. The van der Waals surface area contributed by atoms with Crippen LogP contribution in [0.25, 0.3) is 0 Å². The summed E-state index contributed by atoms with van der Waals surface area (Å²) in [4.78, 5) is 0. The Hall–Kier alpha value is 0.127. The first kappa shape index (κ1) is 17.2. The van der Waals surface area contributed by atoms with E-state index in [0.29, 0.717) is 0 Å². The van der Waals surface area contributed by atoms with Crippen LogP contribution in [-0.4, -0.2) is 13.3 Å². The quantitative estimate of drug-likeness (QED) is 0.437. The predicted octanol–water partition coefficient (Wildman–Crippen LogP) is 6.23. The van der Waals surface area contributed by atoms with Gasteiger partial charge in [0, 0.05) is 5.25 Å². The van der Waals surface area contributed by atoms with Crippen molar-refractivity contribution in [3.05, 3.63) is 0 Å². The lowest BCUT2D eigenvalue weighted by Gasteiger charge is -2.38. The molecule has 0 radical (unpaired) electrons. The summed E-state index contributed by atoms with van der Waals surface area (Å²) in [6.45, 7) is 14.4. The van der Waals surface area contributed by atoms with E-state index in [-0.39, 0.29) is 0 Å². The summed E-state index contributed by atoms with van der Waals surface area (Å²) in [7, 11) is -1.49. The highest BCUT2D eigenvalue weighted by Gasteiger charge is 2.41. The van der Waals surface area contributed by atoms with E-state index in [1.165, 1.54) is 32.1 Å². The molecular weight excluding hydrogens is 264 g/mol. The first-order valence-corrected chi connectivity index (χ1v) is 11.2. The van der Waals surface area contributed by atoms with Gasteiger partial charge in [0.15, 0.2) is 0 Å². The van der Waals surface area contributed by atoms with Crippen LogP contribution in [0.3, 0.4) is 0 Å². The van der Waals surface area contributed by atoms with E-state index >= 15 is 0 Å². The molecule has 1 aliphatic rings. The minimum Gasteiger partial charge on any atom is -0.119 e. The maximum absolute atomic E-state index is 3.83. The molecule has 19 heavy (non-hydrogen) atoms. The second-order valence-corrected chi connectivity index (χ2v) is 13.7. The lowest BCUT2D eigenvalue weighted by molar-refractivity contribution is 0.517. The van der Waals surface area contributed by atoms with Crippen LogP contribution in [0.5, 0.6) is 0 Å². The summed E-state index contributed by atoms with van der Waals surface area (Å²) in [5.74, 6) is 0. The van der Waals surface area contributed by atoms with E-state index in [9.17, 15) is 0 Å². The molecule has 0 nitrogen and oxygen atoms in total. The van der Waals surface area contributed by atoms with Crippen molar-refractivity contribution in [3.63, 3.8) is 0 Å². The number of thioether (sulfide) groups is 1. The zero-order valence-electron chi connectivity index (χ0n) is 13.8. The van der Waals surface area contributed by atoms with E-state index < -0.39 is 8.07 Å². The lowest BCUT2D eigenvalue weighted by Crippen LogP contribution is -2.43. The van der Waals surface area contributed by atoms with Crippen LogP contribution in [-0.2, 0) is 0 Å². The summed E-state index contributed by atoms with van der Waals surface area (Å²) >= 11 is 1.95. The molecule has 1 aliphatic carbocycles. The predicted molar refractivity (Wildman–Crippen MR) is 93.3 cm³/mol. The van der Waals surface area contributed by atoms with Crippen molar-refractivity contribution in [3.8, 4) is 10.8 Å². The van der Waals surface area contributed by atoms with Gasteiger partial charge in [0.05, 0.1) is 0 Å². The summed E-state index contributed by atoms with van der Waals surface area (Å²) in [6.07, 6.45) is 7.05. The van der Waals surface area contributed by atoms with Crippen LogP contribution in [0.15, 0.2) is 0 Å². The van der Waals surface area contributed by atoms with Gasteiger partial charge in [-0.2, -0.15) is 0 Å². The zero-order valence-corrected chi connectivity index (χ0v) is 15.6. The summed E-state index contributed by atoms with van der Waals surface area (Å²) < 4.78 is 0. The number of rotatable bonds is 4. The van der Waals surface area contributed by atoms with Gasteiger partial charge in [-0.15, -0.1) is 5.54 Å². The fourth-order valence-corrected chi connectivity index (χ4v) is 10.4. The van der Waals surface area contributed by atoms with E-state index in [1.54, 1.807) is 0 Å². The fourth-order valence-electron chi connectivity index (χ4n) is 3.82. The molecule has 0 spiro atoms. The molecule has 1 fully saturated rings. The molecule has 0 atom stereocenters. The Morgan fingerprint density at radius 1 is 0.842 bits per heavy atom. The third-order valence-electron chi connectivity index (χ3n) is 4.91. The normalized spacial score (nSPS) is 17.9. The second-order valence-electron chi connectivity index (χ2n) is 7.00. The Morgan fingerprint density at radius 2 is 1.32 bits per heavy atom. The maximum atomic E-state index is 3.83. The fraction of sp³-hybridized carbons (Fsp3) is 0.882. The molecule has 0 saturated heterocycles. The van der Waals surface area contributed by atoms with Crippen LogP contribution in [0.2, 0.25) is 16.6 Å². The van der Waals surface area contributed by atoms with Gasteiger partial charge in [0.2, 0.25) is 0 Å². The number of hydrogen-bond acceptors (Lipinski definition) is 1. The highest BCUT2D eigenvalue weighted by atomic mass is 32.2. The third-order valence-corrected chi connectivity index (χ3v) is 12.4. The van der Waals surface area contributed by atoms with Crippen molar-refractivity contribution in [2.24, 2.45) is 0 Å². The van der Waals surface area contributed by atoms with Crippen LogP contribution in [0.4, 0.5) is 0 Å². The number of hydrogen-bond donors (Lipinski definition) is 0. The van der Waals surface area contributed by atoms with Gasteiger partial charge in [-0.05, 0) is 34.7 Å². The van der Waals surface area contributed by atoms with Gasteiger partial charge < -0.3 is 0 Å². The molecule has 0 aromatic carbocycles. The Kier molecular flexibility index (Phi) is 7.04. The third kappa shape index (κ3) is 4.30. The lowest BCUT2D eigenvalue weighted by atomic mass is 10.0. The molecule has 0 bridgehead atoms. The van der Waals surface area contributed by atoms with Crippen LogP contribution in [0.1, 0.15) is 73.6 Å². The van der Waals surface area contributed by atoms with Gasteiger partial charge in [0.1, 0.15) is 8.07 Å². The molecule has 2 heteroatoms. The van der Waals surface area contributed by atoms with E-state index in [1.807, 2.05) is 11.8 Å². The molecule has 110 valence electrons. The van der Waals surface area contributed by atoms with Crippen molar-refractivity contribution in [1.29, 1.82) is 0 Å². The molecule has 0 aliphatic heterocycles. The van der Waals surface area contributed by atoms with Crippen molar-refractivity contribution in [2.75, 3.05) is 0 Å². The van der Waals surface area contributed by atoms with Gasteiger partial charge in [0.25, 0.3) is 0 Å². The van der Waals surface area contributed by atoms with E-state index in [4.69, 9.17) is 0 Å². The van der Waals surface area contributed by atoms with Crippen molar-refractivity contribution < 1.29 is 0 Å². The largest absolute Gasteiger partial charge is 0.147 e. The van der Waals surface area contributed by atoms with Gasteiger partial charge in [-0.3, -0.25) is 0 Å². The van der Waals surface area contributed by atoms with Gasteiger partial charge in [-0.1, -0.05) is 72.6 Å². The second kappa shape index (κ2) is 7.79. The molecule has 1 saturated carbocycles. The topological polar surface area (TPSA) is 0 Å². The Balaban J connectivity index is 2.77. The first-order valence-electron chi connectivity index (χ1n) is 8.09. The van der Waals surface area contributed by atoms with E-state index in [0.717, 1.165) is 21.9 Å². The molecule has 0 amide bonds. The molecule has 1 rings (SSSR count). The minimum atomic E-state index is -1.49. The van der Waals surface area contributed by atoms with Gasteiger partial charge in [-0.25, -0.2) is 0 Å². The average molecular weight is 297 g/mol. The summed E-state index contributed by atoms with van der Waals surface area (Å²) in [6, 6.07) is 0. The Labute approximate surface area is 126 Å². The highest BCUT2D eigenvalue weighted by molar-refractivity contribution is 8.04. The molecule has 0 unspecified atom stereocenters. The smallest absolute Gasteiger partial charge is 0.119 e. The van der Waals surface area contributed by atoms with Crippen LogP contribution < -0.4 is 0 Å². The van der Waals surface area contributed by atoms with Gasteiger partial charge >= 0.3 is 0 Å². The standard InChI is InChI=1S/C17H32SSi/c1-14(2)19(15(3)4,16(5)6)13-12-18-17-10-8-7-9-11-17/h14-17H,7-11H2,1-6H3. The monoisotopic (exact) mass is 296 g/mol. The Morgan fingerprint density at radius 3 is 1.74 bits per heavy atom. The Bertz CT molecular complexity index is 294. The minimum absolute atomic E-state index is 0.756. The van der Waals surface area contributed by atoms with Crippen molar-refractivity contribution in [2.45, 2.75) is 95.5 Å². The van der Waals surface area contributed by atoms with Crippen molar-refractivity contribution >= 4 is 19.8 Å². The molecular formula is C17H32SSi. The zero-order chi connectivity index (χ0) is 14.5. The molecule has 0 aromatic rings.